The van der Waals surface area contributed by atoms with Gasteiger partial charge in [0.15, 0.2) is 0 Å². The minimum Gasteiger partial charge on any atom is -0.321 e. The number of rotatable bonds is 4. The van der Waals surface area contributed by atoms with Crippen molar-refractivity contribution in [1.29, 1.82) is 0 Å². The van der Waals surface area contributed by atoms with Gasteiger partial charge in [-0.15, -0.1) is 0 Å². The van der Waals surface area contributed by atoms with E-state index in [1.807, 2.05) is 55.5 Å². The van der Waals surface area contributed by atoms with Crippen molar-refractivity contribution in [2.24, 2.45) is 0 Å². The van der Waals surface area contributed by atoms with Crippen molar-refractivity contribution < 1.29 is 9.28 Å². The molecule has 1 aliphatic rings. The average Bonchev–Trinajstić information content (AvgIpc) is 3.20. The molecule has 2 atom stereocenters. The minimum absolute atomic E-state index is 0.0908. The second-order valence-electron chi connectivity index (χ2n) is 8.72. The zero-order valence-electron chi connectivity index (χ0n) is 18.2. The summed E-state index contributed by atoms with van der Waals surface area (Å²) in [6.45, 7) is 6.87. The number of carbonyl (C=O) groups is 1. The normalized spacial score (nSPS) is 19.1. The van der Waals surface area contributed by atoms with E-state index in [1.54, 1.807) is 0 Å². The van der Waals surface area contributed by atoms with Gasteiger partial charge in [-0.3, -0.25) is 9.28 Å². The highest BCUT2D eigenvalue weighted by Gasteiger charge is 2.42. The lowest BCUT2D eigenvalue weighted by Crippen LogP contribution is -2.57. The number of fused-ring (bicyclic) bond motifs is 1. The second kappa shape index (κ2) is 7.82. The van der Waals surface area contributed by atoms with Gasteiger partial charge in [0, 0.05) is 24.0 Å². The SMILES string of the molecule is CC[N+](C)(C(=O)c1ccc(-c2cc3c(C)cccc3c(=O)[nH]2)cc1)C1CCN(C)C1. The Bertz CT molecular complexity index is 1150. The number of hydrogen-bond acceptors (Lipinski definition) is 3. The molecular formula is C25H30N3O2+. The number of amides is 1. The Morgan fingerprint density at radius 1 is 1.17 bits per heavy atom. The summed E-state index contributed by atoms with van der Waals surface area (Å²) in [6.07, 6.45) is 1.04. The molecule has 3 aromatic rings. The highest BCUT2D eigenvalue weighted by molar-refractivity contribution is 5.91. The number of aromatic amines is 1. The quantitative estimate of drug-likeness (QED) is 0.673. The molecule has 0 saturated carbocycles. The summed E-state index contributed by atoms with van der Waals surface area (Å²) < 4.78 is 0.426. The van der Waals surface area contributed by atoms with Crippen molar-refractivity contribution in [2.75, 3.05) is 33.7 Å². The van der Waals surface area contributed by atoms with Gasteiger partial charge in [0.05, 0.1) is 25.7 Å². The number of nitrogens with zero attached hydrogens (tertiary/aromatic N) is 2. The third kappa shape index (κ3) is 3.48. The molecule has 30 heavy (non-hydrogen) atoms. The van der Waals surface area contributed by atoms with E-state index in [4.69, 9.17) is 0 Å². The molecule has 1 N–H and O–H groups in total. The van der Waals surface area contributed by atoms with Crippen LogP contribution in [0.15, 0.2) is 53.3 Å². The van der Waals surface area contributed by atoms with Crippen LogP contribution in [0.3, 0.4) is 0 Å². The number of carbonyl (C=O) groups excluding carboxylic acids is 1. The van der Waals surface area contributed by atoms with Crippen LogP contribution in [0.5, 0.6) is 0 Å². The van der Waals surface area contributed by atoms with E-state index in [-0.39, 0.29) is 11.5 Å². The molecule has 2 unspecified atom stereocenters. The number of benzene rings is 2. The summed E-state index contributed by atoms with van der Waals surface area (Å²) in [4.78, 5) is 31.2. The largest absolute Gasteiger partial charge is 0.345 e. The highest BCUT2D eigenvalue weighted by atomic mass is 16.2. The fourth-order valence-corrected chi connectivity index (χ4v) is 4.63. The van der Waals surface area contributed by atoms with Gasteiger partial charge in [-0.05, 0) is 61.7 Å². The fraction of sp³-hybridized carbons (Fsp3) is 0.360. The van der Waals surface area contributed by atoms with E-state index in [1.165, 1.54) is 0 Å². The Morgan fingerprint density at radius 2 is 1.90 bits per heavy atom. The van der Waals surface area contributed by atoms with Gasteiger partial charge in [-0.25, -0.2) is 4.79 Å². The van der Waals surface area contributed by atoms with Crippen molar-refractivity contribution >= 4 is 16.7 Å². The van der Waals surface area contributed by atoms with Crippen LogP contribution in [-0.2, 0) is 0 Å². The Labute approximate surface area is 177 Å². The van der Waals surface area contributed by atoms with Crippen LogP contribution in [-0.4, -0.2) is 60.0 Å². The molecule has 0 aliphatic carbocycles. The highest BCUT2D eigenvalue weighted by Crippen LogP contribution is 2.26. The van der Waals surface area contributed by atoms with E-state index in [2.05, 4.69) is 30.9 Å². The van der Waals surface area contributed by atoms with E-state index in [9.17, 15) is 9.59 Å². The summed E-state index contributed by atoms with van der Waals surface area (Å²) >= 11 is 0. The smallest absolute Gasteiger partial charge is 0.321 e. The summed E-state index contributed by atoms with van der Waals surface area (Å²) in [6, 6.07) is 15.8. The summed E-state index contributed by atoms with van der Waals surface area (Å²) in [5.74, 6) is 0.159. The fourth-order valence-electron chi connectivity index (χ4n) is 4.63. The maximum absolute atomic E-state index is 13.4. The Morgan fingerprint density at radius 3 is 2.53 bits per heavy atom. The first-order valence-corrected chi connectivity index (χ1v) is 10.6. The van der Waals surface area contributed by atoms with E-state index in [0.29, 0.717) is 15.9 Å². The van der Waals surface area contributed by atoms with Crippen molar-refractivity contribution in [3.05, 3.63) is 70.0 Å². The standard InChI is InChI=1S/C25H29N3O2/c1-5-28(4,20-13-14-27(3)16-20)25(30)19-11-9-18(10-12-19)23-15-22-17(2)7-6-8-21(22)24(29)26-23/h6-12,15,20H,5,13-14,16H2,1-4H3/p+1. The average molecular weight is 405 g/mol. The first-order chi connectivity index (χ1) is 14.3. The lowest BCUT2D eigenvalue weighted by Gasteiger charge is -2.36. The van der Waals surface area contributed by atoms with Gasteiger partial charge < -0.3 is 9.88 Å². The van der Waals surface area contributed by atoms with Crippen LogP contribution in [0.1, 0.15) is 29.3 Å². The zero-order chi connectivity index (χ0) is 21.5. The number of hydrogen-bond donors (Lipinski definition) is 1. The first kappa shape index (κ1) is 20.5. The third-order valence-corrected chi connectivity index (χ3v) is 6.84. The predicted molar refractivity (Wildman–Crippen MR) is 122 cm³/mol. The molecule has 5 nitrogen and oxygen atoms in total. The molecule has 156 valence electrons. The van der Waals surface area contributed by atoms with Crippen molar-refractivity contribution in [3.8, 4) is 11.3 Å². The van der Waals surface area contributed by atoms with E-state index < -0.39 is 0 Å². The summed E-state index contributed by atoms with van der Waals surface area (Å²) in [7, 11) is 4.18. The number of H-pyrrole nitrogens is 1. The van der Waals surface area contributed by atoms with Crippen LogP contribution < -0.4 is 5.56 Å². The maximum Gasteiger partial charge on any atom is 0.345 e. The van der Waals surface area contributed by atoms with Crippen molar-refractivity contribution in [2.45, 2.75) is 26.3 Å². The van der Waals surface area contributed by atoms with Gasteiger partial charge in [-0.1, -0.05) is 24.3 Å². The molecule has 1 aromatic heterocycles. The topological polar surface area (TPSA) is 53.2 Å². The number of pyridine rings is 1. The van der Waals surface area contributed by atoms with Crippen LogP contribution in [0, 0.1) is 6.92 Å². The second-order valence-corrected chi connectivity index (χ2v) is 8.72. The number of aryl methyl sites for hydroxylation is 1. The molecule has 0 radical (unpaired) electrons. The van der Waals surface area contributed by atoms with E-state index >= 15 is 0 Å². The molecule has 2 aromatic carbocycles. The van der Waals surface area contributed by atoms with Crippen LogP contribution in [0.4, 0.5) is 0 Å². The van der Waals surface area contributed by atoms with E-state index in [0.717, 1.165) is 53.8 Å². The molecule has 4 rings (SSSR count). The molecule has 1 saturated heterocycles. The number of aromatic nitrogens is 1. The van der Waals surface area contributed by atoms with Gasteiger partial charge >= 0.3 is 5.91 Å². The number of quaternary nitrogens is 1. The minimum atomic E-state index is -0.0908. The first-order valence-electron chi connectivity index (χ1n) is 10.6. The Balaban J connectivity index is 1.66. The number of likely N-dealkylation sites (tertiary alicyclic amines) is 1. The molecule has 0 spiro atoms. The molecule has 2 heterocycles. The summed E-state index contributed by atoms with van der Waals surface area (Å²) in [5, 5.41) is 1.65. The van der Waals surface area contributed by atoms with Crippen LogP contribution >= 0.6 is 0 Å². The molecule has 1 amide bonds. The lowest BCUT2D eigenvalue weighted by molar-refractivity contribution is -0.851. The summed E-state index contributed by atoms with van der Waals surface area (Å²) in [5.41, 5.74) is 3.37. The van der Waals surface area contributed by atoms with Crippen molar-refractivity contribution in [3.63, 3.8) is 0 Å². The molecule has 0 bridgehead atoms. The molecular weight excluding hydrogens is 374 g/mol. The van der Waals surface area contributed by atoms with Gasteiger partial charge in [0.25, 0.3) is 5.56 Å². The predicted octanol–water partition coefficient (Wildman–Crippen LogP) is 3.81. The third-order valence-electron chi connectivity index (χ3n) is 6.84. The molecule has 5 heteroatoms. The van der Waals surface area contributed by atoms with Gasteiger partial charge in [0.2, 0.25) is 0 Å². The number of nitrogens with one attached hydrogen (secondary N) is 1. The van der Waals surface area contributed by atoms with Gasteiger partial charge in [-0.2, -0.15) is 0 Å². The monoisotopic (exact) mass is 404 g/mol. The van der Waals surface area contributed by atoms with Crippen molar-refractivity contribution in [1.82, 2.24) is 9.88 Å². The van der Waals surface area contributed by atoms with Gasteiger partial charge in [0.1, 0.15) is 6.04 Å². The Hall–Kier alpha value is -2.76. The Kier molecular flexibility index (Phi) is 5.35. The lowest BCUT2D eigenvalue weighted by atomic mass is 10.0. The molecule has 1 fully saturated rings. The van der Waals surface area contributed by atoms with Crippen LogP contribution in [0.25, 0.3) is 22.0 Å². The molecule has 1 aliphatic heterocycles. The van der Waals surface area contributed by atoms with Crippen LogP contribution in [0.2, 0.25) is 0 Å². The number of likely N-dealkylation sites (N-methyl/N-ethyl adjacent to an activating group) is 2. The maximum atomic E-state index is 13.4. The zero-order valence-corrected chi connectivity index (χ0v) is 18.2.